The largest absolute Gasteiger partial charge is 0.494 e. The molecular formula is C29H22ClN3OS. The van der Waals surface area contributed by atoms with Crippen LogP contribution in [0.5, 0.6) is 5.75 Å². The summed E-state index contributed by atoms with van der Waals surface area (Å²) in [5, 5.41) is 10.8. The van der Waals surface area contributed by atoms with Crippen LogP contribution in [0.2, 0.25) is 5.02 Å². The highest BCUT2D eigenvalue weighted by Crippen LogP contribution is 2.52. The van der Waals surface area contributed by atoms with Crippen LogP contribution in [0.1, 0.15) is 23.3 Å². The second-order valence-corrected chi connectivity index (χ2v) is 9.70. The summed E-state index contributed by atoms with van der Waals surface area (Å²) >= 11 is 8.30. The van der Waals surface area contributed by atoms with Gasteiger partial charge in [0.15, 0.2) is 11.0 Å². The Hall–Kier alpha value is -3.54. The fraction of sp³-hybridized carbons (Fsp3) is 0.103. The monoisotopic (exact) mass is 495 g/mol. The zero-order valence-electron chi connectivity index (χ0n) is 19.1. The number of rotatable bonds is 6. The fourth-order valence-electron chi connectivity index (χ4n) is 4.60. The van der Waals surface area contributed by atoms with E-state index in [9.17, 15) is 0 Å². The van der Waals surface area contributed by atoms with Crippen molar-refractivity contribution in [3.05, 3.63) is 113 Å². The van der Waals surface area contributed by atoms with E-state index in [1.54, 1.807) is 11.8 Å². The lowest BCUT2D eigenvalue weighted by Gasteiger charge is -2.16. The van der Waals surface area contributed by atoms with Gasteiger partial charge in [0.05, 0.1) is 16.9 Å². The van der Waals surface area contributed by atoms with Crippen LogP contribution >= 0.6 is 23.4 Å². The summed E-state index contributed by atoms with van der Waals surface area (Å²) in [6.45, 7) is 2.60. The average Bonchev–Trinajstić information content (AvgIpc) is 3.45. The van der Waals surface area contributed by atoms with Gasteiger partial charge in [0, 0.05) is 11.3 Å². The van der Waals surface area contributed by atoms with Gasteiger partial charge in [-0.25, -0.2) is 0 Å². The standard InChI is InChI=1S/C29H22ClN3OS/c1-2-34-20-17-15-19(16-18-20)33-28(25-13-7-8-14-26(25)30)31-32-29(33)35-27-23-11-5-3-9-21(23)22-10-4-6-12-24(22)27/h3-18,27H,2H2,1H3. The van der Waals surface area contributed by atoms with Crippen molar-refractivity contribution in [3.63, 3.8) is 0 Å². The Kier molecular flexibility index (Phi) is 5.80. The number of benzene rings is 4. The molecular weight excluding hydrogens is 474 g/mol. The molecule has 172 valence electrons. The Morgan fingerprint density at radius 2 is 1.37 bits per heavy atom. The summed E-state index contributed by atoms with van der Waals surface area (Å²) in [6, 6.07) is 33.0. The van der Waals surface area contributed by atoms with Gasteiger partial charge in [-0.2, -0.15) is 0 Å². The molecule has 0 amide bonds. The molecule has 1 heterocycles. The summed E-state index contributed by atoms with van der Waals surface area (Å²) in [5.74, 6) is 1.54. The van der Waals surface area contributed by atoms with Crippen LogP contribution in [0.4, 0.5) is 0 Å². The number of fused-ring (bicyclic) bond motifs is 3. The third kappa shape index (κ3) is 3.91. The summed E-state index contributed by atoms with van der Waals surface area (Å²) in [7, 11) is 0. The fourth-order valence-corrected chi connectivity index (χ4v) is 6.08. The lowest BCUT2D eigenvalue weighted by atomic mass is 10.1. The maximum atomic E-state index is 6.59. The number of ether oxygens (including phenoxy) is 1. The average molecular weight is 496 g/mol. The molecule has 0 saturated carbocycles. The van der Waals surface area contributed by atoms with E-state index in [1.165, 1.54) is 22.3 Å². The first-order chi connectivity index (χ1) is 17.2. The maximum Gasteiger partial charge on any atom is 0.197 e. The van der Waals surface area contributed by atoms with E-state index >= 15 is 0 Å². The van der Waals surface area contributed by atoms with Crippen LogP contribution < -0.4 is 4.74 Å². The molecule has 0 bridgehead atoms. The summed E-state index contributed by atoms with van der Waals surface area (Å²) < 4.78 is 7.75. The molecule has 4 nitrogen and oxygen atoms in total. The number of thioether (sulfide) groups is 1. The van der Waals surface area contributed by atoms with Gasteiger partial charge in [0.1, 0.15) is 5.75 Å². The Morgan fingerprint density at radius 1 is 0.771 bits per heavy atom. The molecule has 35 heavy (non-hydrogen) atoms. The van der Waals surface area contributed by atoms with Gasteiger partial charge in [-0.15, -0.1) is 10.2 Å². The van der Waals surface area contributed by atoms with Crippen LogP contribution in [-0.2, 0) is 0 Å². The van der Waals surface area contributed by atoms with E-state index in [0.29, 0.717) is 17.5 Å². The van der Waals surface area contributed by atoms with Gasteiger partial charge in [-0.1, -0.05) is 84.0 Å². The van der Waals surface area contributed by atoms with Crippen molar-refractivity contribution in [2.24, 2.45) is 0 Å². The predicted molar refractivity (Wildman–Crippen MR) is 143 cm³/mol. The smallest absolute Gasteiger partial charge is 0.197 e. The third-order valence-corrected chi connectivity index (χ3v) is 7.70. The lowest BCUT2D eigenvalue weighted by molar-refractivity contribution is 0.340. The third-order valence-electron chi connectivity index (χ3n) is 6.15. The highest BCUT2D eigenvalue weighted by atomic mass is 35.5. The minimum Gasteiger partial charge on any atom is -0.494 e. The molecule has 5 aromatic rings. The van der Waals surface area contributed by atoms with Crippen molar-refractivity contribution in [2.45, 2.75) is 17.3 Å². The van der Waals surface area contributed by atoms with E-state index in [4.69, 9.17) is 16.3 Å². The molecule has 0 fully saturated rings. The Labute approximate surface area is 213 Å². The first-order valence-corrected chi connectivity index (χ1v) is 12.8. The molecule has 4 aromatic carbocycles. The molecule has 0 aliphatic heterocycles. The minimum atomic E-state index is 0.118. The van der Waals surface area contributed by atoms with Gasteiger partial charge < -0.3 is 4.74 Å². The van der Waals surface area contributed by atoms with Crippen molar-refractivity contribution in [1.82, 2.24) is 14.8 Å². The van der Waals surface area contributed by atoms with Crippen LogP contribution in [0.15, 0.2) is 102 Å². The summed E-state index contributed by atoms with van der Waals surface area (Å²) in [6.07, 6.45) is 0. The van der Waals surface area contributed by atoms with Gasteiger partial charge >= 0.3 is 0 Å². The van der Waals surface area contributed by atoms with Crippen LogP contribution in [0, 0.1) is 0 Å². The molecule has 0 N–H and O–H groups in total. The van der Waals surface area contributed by atoms with Crippen molar-refractivity contribution in [3.8, 4) is 34.0 Å². The Morgan fingerprint density at radius 3 is 2.00 bits per heavy atom. The normalized spacial score (nSPS) is 12.4. The lowest BCUT2D eigenvalue weighted by Crippen LogP contribution is -2.02. The van der Waals surface area contributed by atoms with Crippen molar-refractivity contribution >= 4 is 23.4 Å². The number of aromatic nitrogens is 3. The van der Waals surface area contributed by atoms with E-state index in [0.717, 1.165) is 22.2 Å². The predicted octanol–water partition coefficient (Wildman–Crippen LogP) is 7.85. The number of hydrogen-bond donors (Lipinski definition) is 0. The van der Waals surface area contributed by atoms with E-state index < -0.39 is 0 Å². The second-order valence-electron chi connectivity index (χ2n) is 8.22. The number of halogens is 1. The van der Waals surface area contributed by atoms with Crippen molar-refractivity contribution in [1.29, 1.82) is 0 Å². The molecule has 6 heteroatoms. The van der Waals surface area contributed by atoms with Crippen LogP contribution in [0.3, 0.4) is 0 Å². The van der Waals surface area contributed by atoms with E-state index in [-0.39, 0.29) is 5.25 Å². The molecule has 1 aliphatic carbocycles. The zero-order valence-corrected chi connectivity index (χ0v) is 20.6. The highest BCUT2D eigenvalue weighted by Gasteiger charge is 2.31. The molecule has 0 saturated heterocycles. The van der Waals surface area contributed by atoms with Crippen molar-refractivity contribution < 1.29 is 4.74 Å². The van der Waals surface area contributed by atoms with E-state index in [2.05, 4.69) is 63.3 Å². The van der Waals surface area contributed by atoms with Crippen LogP contribution in [-0.4, -0.2) is 21.4 Å². The summed E-state index contributed by atoms with van der Waals surface area (Å²) in [4.78, 5) is 0. The summed E-state index contributed by atoms with van der Waals surface area (Å²) in [5.41, 5.74) is 6.93. The molecule has 0 radical (unpaired) electrons. The Balaban J connectivity index is 1.49. The maximum absolute atomic E-state index is 6.59. The molecule has 1 aromatic heterocycles. The molecule has 0 spiro atoms. The van der Waals surface area contributed by atoms with Crippen LogP contribution in [0.25, 0.3) is 28.2 Å². The first kappa shape index (κ1) is 22.0. The van der Waals surface area contributed by atoms with E-state index in [1.807, 2.05) is 55.5 Å². The molecule has 0 atom stereocenters. The topological polar surface area (TPSA) is 39.9 Å². The SMILES string of the molecule is CCOc1ccc(-n2c(SC3c4ccccc4-c4ccccc43)nnc2-c2ccccc2Cl)cc1. The molecule has 0 unspecified atom stereocenters. The molecule has 6 rings (SSSR count). The molecule has 1 aliphatic rings. The van der Waals surface area contributed by atoms with Gasteiger partial charge in [0.25, 0.3) is 0 Å². The first-order valence-electron chi connectivity index (χ1n) is 11.5. The number of nitrogens with zero attached hydrogens (tertiary/aromatic N) is 3. The van der Waals surface area contributed by atoms with Gasteiger partial charge in [-0.05, 0) is 65.6 Å². The van der Waals surface area contributed by atoms with Gasteiger partial charge in [0.2, 0.25) is 0 Å². The number of hydrogen-bond acceptors (Lipinski definition) is 4. The minimum absolute atomic E-state index is 0.118. The Bertz CT molecular complexity index is 1470. The van der Waals surface area contributed by atoms with Crippen molar-refractivity contribution in [2.75, 3.05) is 6.61 Å². The zero-order chi connectivity index (χ0) is 23.8. The quantitative estimate of drug-likeness (QED) is 0.240. The highest BCUT2D eigenvalue weighted by molar-refractivity contribution is 7.99. The van der Waals surface area contributed by atoms with Gasteiger partial charge in [-0.3, -0.25) is 4.57 Å². The second kappa shape index (κ2) is 9.25.